The van der Waals surface area contributed by atoms with Crippen molar-refractivity contribution >= 4 is 17.5 Å². The molecule has 4 rings (SSSR count). The number of nitrogens with zero attached hydrogens (tertiary/aromatic N) is 2. The summed E-state index contributed by atoms with van der Waals surface area (Å²) >= 11 is 0. The maximum absolute atomic E-state index is 13.3. The molecule has 0 saturated heterocycles. The number of aromatic nitrogens is 2. The van der Waals surface area contributed by atoms with Crippen molar-refractivity contribution < 1.29 is 14.0 Å². The lowest BCUT2D eigenvalue weighted by Gasteiger charge is -2.24. The molecule has 162 valence electrons. The molecular weight excluding hydrogens is 411 g/mol. The molecule has 8 heteroatoms. The van der Waals surface area contributed by atoms with Crippen molar-refractivity contribution in [3.8, 4) is 5.69 Å². The maximum Gasteiger partial charge on any atom is 0.271 e. The highest BCUT2D eigenvalue weighted by atomic mass is 19.1. The Labute approximate surface area is 183 Å². The van der Waals surface area contributed by atoms with E-state index in [4.69, 9.17) is 0 Å². The highest BCUT2D eigenvalue weighted by Gasteiger charge is 2.29. The molecule has 0 saturated carbocycles. The number of aryl methyl sites for hydroxylation is 2. The van der Waals surface area contributed by atoms with Crippen molar-refractivity contribution in [1.29, 1.82) is 0 Å². The van der Waals surface area contributed by atoms with Gasteiger partial charge in [-0.15, -0.1) is 0 Å². The summed E-state index contributed by atoms with van der Waals surface area (Å²) in [5.41, 5.74) is 3.24. The molecule has 0 bridgehead atoms. The molecule has 1 aliphatic rings. The second-order valence-electron chi connectivity index (χ2n) is 7.65. The Morgan fingerprint density at radius 3 is 2.59 bits per heavy atom. The van der Waals surface area contributed by atoms with Crippen LogP contribution in [0.5, 0.6) is 0 Å². The molecule has 0 spiro atoms. The lowest BCUT2D eigenvalue weighted by atomic mass is 9.86. The summed E-state index contributed by atoms with van der Waals surface area (Å²) < 4.78 is 14.6. The normalized spacial score (nSPS) is 15.7. The Balaban J connectivity index is 1.65. The van der Waals surface area contributed by atoms with Crippen LogP contribution in [0.3, 0.4) is 0 Å². The van der Waals surface area contributed by atoms with Gasteiger partial charge in [-0.25, -0.2) is 4.39 Å². The minimum absolute atomic E-state index is 0.0759. The van der Waals surface area contributed by atoms with Crippen molar-refractivity contribution in [3.63, 3.8) is 0 Å². The molecule has 2 N–H and O–H groups in total. The Morgan fingerprint density at radius 2 is 1.84 bits per heavy atom. The predicted octanol–water partition coefficient (Wildman–Crippen LogP) is 3.11. The summed E-state index contributed by atoms with van der Waals surface area (Å²) in [6, 6.07) is 14.0. The third-order valence-electron chi connectivity index (χ3n) is 5.34. The van der Waals surface area contributed by atoms with Crippen molar-refractivity contribution in [1.82, 2.24) is 15.1 Å². The Kier molecular flexibility index (Phi) is 5.68. The van der Waals surface area contributed by atoms with E-state index in [1.54, 1.807) is 43.3 Å². The van der Waals surface area contributed by atoms with Crippen molar-refractivity contribution in [2.24, 2.45) is 0 Å². The number of hydrogen-bond donors (Lipinski definition) is 2. The molecule has 0 radical (unpaired) electrons. The van der Waals surface area contributed by atoms with Crippen molar-refractivity contribution in [3.05, 3.63) is 99.4 Å². The monoisotopic (exact) mass is 432 g/mol. The van der Waals surface area contributed by atoms with E-state index in [0.29, 0.717) is 28.2 Å². The molecule has 2 heterocycles. The lowest BCUT2D eigenvalue weighted by molar-refractivity contribution is -0.121. The number of rotatable bonds is 4. The third-order valence-corrected chi connectivity index (χ3v) is 5.34. The van der Waals surface area contributed by atoms with E-state index in [2.05, 4.69) is 15.7 Å². The fraction of sp³-hybridized carbons (Fsp3) is 0.167. The number of hydrogen-bond acceptors (Lipinski definition) is 4. The number of carbonyl (C=O) groups excluding carboxylic acids is 2. The molecule has 2 amide bonds. The van der Waals surface area contributed by atoms with Gasteiger partial charge in [0.05, 0.1) is 11.4 Å². The van der Waals surface area contributed by atoms with Crippen molar-refractivity contribution in [2.45, 2.75) is 26.2 Å². The lowest BCUT2D eigenvalue weighted by Crippen LogP contribution is -2.32. The second-order valence-corrected chi connectivity index (χ2v) is 7.65. The first-order valence-corrected chi connectivity index (χ1v) is 10.1. The van der Waals surface area contributed by atoms with Crippen LogP contribution in [-0.2, 0) is 9.59 Å². The zero-order chi connectivity index (χ0) is 22.8. The van der Waals surface area contributed by atoms with Gasteiger partial charge in [0.1, 0.15) is 5.82 Å². The molecule has 1 aliphatic heterocycles. The van der Waals surface area contributed by atoms with E-state index < -0.39 is 17.6 Å². The summed E-state index contributed by atoms with van der Waals surface area (Å²) in [6.45, 7) is 3.62. The molecule has 0 fully saturated rings. The zero-order valence-corrected chi connectivity index (χ0v) is 17.6. The van der Waals surface area contributed by atoms with Crippen LogP contribution >= 0.6 is 0 Å². The van der Waals surface area contributed by atoms with E-state index >= 15 is 0 Å². The van der Waals surface area contributed by atoms with Gasteiger partial charge in [0.2, 0.25) is 5.91 Å². The molecule has 32 heavy (non-hydrogen) atoms. The summed E-state index contributed by atoms with van der Waals surface area (Å²) in [4.78, 5) is 37.3. The van der Waals surface area contributed by atoms with Gasteiger partial charge in [0.15, 0.2) is 0 Å². The van der Waals surface area contributed by atoms with Crippen LogP contribution in [0.25, 0.3) is 5.69 Å². The van der Waals surface area contributed by atoms with Gasteiger partial charge in [0, 0.05) is 35.9 Å². The molecule has 0 aliphatic carbocycles. The number of halogens is 1. The van der Waals surface area contributed by atoms with Gasteiger partial charge in [-0.1, -0.05) is 18.2 Å². The van der Waals surface area contributed by atoms with Crippen LogP contribution in [0.2, 0.25) is 0 Å². The summed E-state index contributed by atoms with van der Waals surface area (Å²) in [6.07, 6.45) is 1.47. The number of benzene rings is 2. The first-order valence-electron chi connectivity index (χ1n) is 10.1. The fourth-order valence-corrected chi connectivity index (χ4v) is 3.59. The van der Waals surface area contributed by atoms with Gasteiger partial charge in [-0.05, 0) is 55.3 Å². The van der Waals surface area contributed by atoms with Gasteiger partial charge in [0.25, 0.3) is 11.5 Å². The number of amides is 2. The number of carbonyl (C=O) groups is 2. The summed E-state index contributed by atoms with van der Waals surface area (Å²) in [7, 11) is 0. The van der Waals surface area contributed by atoms with E-state index in [1.807, 2.05) is 6.92 Å². The standard InChI is InChI=1S/C24H21FN4O3/c1-14-3-9-18(29-23(31)10-4-15(2)28-29)11-21(14)27-24(32)20-13-26-22(30)12-19(20)16-5-7-17(25)8-6-16/h3-11,13,19H,12H2,1-2H3,(H,26,30)(H,27,32). The van der Waals surface area contributed by atoms with Crippen LogP contribution in [0.15, 0.2) is 71.2 Å². The number of anilines is 1. The minimum Gasteiger partial charge on any atom is -0.332 e. The molecule has 1 atom stereocenters. The van der Waals surface area contributed by atoms with Crippen LogP contribution in [0, 0.1) is 19.7 Å². The topological polar surface area (TPSA) is 93.1 Å². The van der Waals surface area contributed by atoms with E-state index in [9.17, 15) is 18.8 Å². The summed E-state index contributed by atoms with van der Waals surface area (Å²) in [5.74, 6) is -1.52. The van der Waals surface area contributed by atoms with Gasteiger partial charge in [-0.2, -0.15) is 9.78 Å². The van der Waals surface area contributed by atoms with Gasteiger partial charge >= 0.3 is 0 Å². The average molecular weight is 432 g/mol. The zero-order valence-electron chi connectivity index (χ0n) is 17.6. The molecule has 2 aromatic carbocycles. The largest absolute Gasteiger partial charge is 0.332 e. The highest BCUT2D eigenvalue weighted by Crippen LogP contribution is 2.31. The Hall–Kier alpha value is -4.07. The number of nitrogens with one attached hydrogen (secondary N) is 2. The fourth-order valence-electron chi connectivity index (χ4n) is 3.59. The van der Waals surface area contributed by atoms with Crippen LogP contribution < -0.4 is 16.2 Å². The third kappa shape index (κ3) is 4.34. The maximum atomic E-state index is 13.3. The molecule has 3 aromatic rings. The minimum atomic E-state index is -0.506. The van der Waals surface area contributed by atoms with Gasteiger partial charge < -0.3 is 10.6 Å². The molecular formula is C24H21FN4O3. The smallest absolute Gasteiger partial charge is 0.271 e. The first-order chi connectivity index (χ1) is 15.3. The van der Waals surface area contributed by atoms with E-state index in [-0.39, 0.29) is 17.9 Å². The molecule has 1 unspecified atom stereocenters. The predicted molar refractivity (Wildman–Crippen MR) is 118 cm³/mol. The van der Waals surface area contributed by atoms with E-state index in [0.717, 1.165) is 5.56 Å². The van der Waals surface area contributed by atoms with Crippen LogP contribution in [0.1, 0.15) is 29.2 Å². The second kappa shape index (κ2) is 8.58. The molecule has 1 aromatic heterocycles. The molecule has 7 nitrogen and oxygen atoms in total. The summed E-state index contributed by atoms with van der Waals surface area (Å²) in [5, 5.41) is 9.71. The van der Waals surface area contributed by atoms with Crippen LogP contribution in [-0.4, -0.2) is 21.6 Å². The van der Waals surface area contributed by atoms with Crippen molar-refractivity contribution in [2.75, 3.05) is 5.32 Å². The average Bonchev–Trinajstić information content (AvgIpc) is 2.77. The first kappa shape index (κ1) is 21.2. The Bertz CT molecular complexity index is 1300. The van der Waals surface area contributed by atoms with E-state index in [1.165, 1.54) is 29.1 Å². The Morgan fingerprint density at radius 1 is 1.09 bits per heavy atom. The quantitative estimate of drug-likeness (QED) is 0.663. The highest BCUT2D eigenvalue weighted by molar-refractivity contribution is 6.06. The van der Waals surface area contributed by atoms with Gasteiger partial charge in [-0.3, -0.25) is 14.4 Å². The van der Waals surface area contributed by atoms with Crippen LogP contribution in [0.4, 0.5) is 10.1 Å². The SMILES string of the molecule is Cc1ccc(=O)n(-c2ccc(C)c(NC(=O)C3=CNC(=O)CC3c3ccc(F)cc3)c2)n1.